The molecular formula is C15H16O2. The first-order valence-corrected chi connectivity index (χ1v) is 6.09. The summed E-state index contributed by atoms with van der Waals surface area (Å²) in [7, 11) is 0. The van der Waals surface area contributed by atoms with Crippen molar-refractivity contribution in [1.82, 2.24) is 0 Å². The van der Waals surface area contributed by atoms with Crippen LogP contribution in [0.4, 0.5) is 0 Å². The molecule has 2 nitrogen and oxygen atoms in total. The summed E-state index contributed by atoms with van der Waals surface area (Å²) in [6.45, 7) is 1.45. The lowest BCUT2D eigenvalue weighted by Gasteiger charge is -2.17. The van der Waals surface area contributed by atoms with E-state index in [9.17, 15) is 5.11 Å². The zero-order chi connectivity index (χ0) is 11.7. The molecular weight excluding hydrogens is 212 g/mol. The highest BCUT2D eigenvalue weighted by molar-refractivity contribution is 5.83. The number of rotatable bonds is 2. The Bertz CT molecular complexity index is 515. The van der Waals surface area contributed by atoms with Gasteiger partial charge in [0.15, 0.2) is 0 Å². The fraction of sp³-hybridized carbons (Fsp3) is 0.333. The van der Waals surface area contributed by atoms with E-state index in [4.69, 9.17) is 4.74 Å². The molecule has 2 heteroatoms. The third kappa shape index (κ3) is 2.06. The predicted octanol–water partition coefficient (Wildman–Crippen LogP) is 2.91. The highest BCUT2D eigenvalue weighted by Gasteiger charge is 2.25. The van der Waals surface area contributed by atoms with Crippen LogP contribution < -0.4 is 0 Å². The van der Waals surface area contributed by atoms with Gasteiger partial charge in [-0.15, -0.1) is 0 Å². The summed E-state index contributed by atoms with van der Waals surface area (Å²) < 4.78 is 5.33. The molecule has 0 bridgehead atoms. The third-order valence-corrected chi connectivity index (χ3v) is 3.53. The van der Waals surface area contributed by atoms with Gasteiger partial charge >= 0.3 is 0 Å². The average Bonchev–Trinajstić information content (AvgIpc) is 2.91. The molecule has 1 aliphatic rings. The lowest BCUT2D eigenvalue weighted by atomic mass is 9.93. The second-order valence-electron chi connectivity index (χ2n) is 4.68. The number of ether oxygens (including phenoxy) is 1. The Morgan fingerprint density at radius 2 is 1.94 bits per heavy atom. The number of benzene rings is 2. The van der Waals surface area contributed by atoms with E-state index in [1.165, 1.54) is 10.8 Å². The fourth-order valence-electron chi connectivity index (χ4n) is 2.47. The van der Waals surface area contributed by atoms with Crippen LogP contribution in [0.15, 0.2) is 42.5 Å². The smallest absolute Gasteiger partial charge is 0.0841 e. The molecule has 1 N–H and O–H groups in total. The first kappa shape index (κ1) is 10.8. The van der Waals surface area contributed by atoms with Crippen molar-refractivity contribution in [2.45, 2.75) is 12.5 Å². The number of aliphatic hydroxyl groups excluding tert-OH is 1. The van der Waals surface area contributed by atoms with Gasteiger partial charge < -0.3 is 9.84 Å². The van der Waals surface area contributed by atoms with Crippen LogP contribution in [-0.4, -0.2) is 18.3 Å². The number of aliphatic hydroxyl groups is 1. The Morgan fingerprint density at radius 1 is 1.12 bits per heavy atom. The summed E-state index contributed by atoms with van der Waals surface area (Å²) in [5.41, 5.74) is 0.999. The minimum absolute atomic E-state index is 0.246. The maximum absolute atomic E-state index is 10.3. The van der Waals surface area contributed by atoms with Crippen LogP contribution in [-0.2, 0) is 4.74 Å². The standard InChI is InChI=1S/C15H16O2/c16-15(14-7-8-17-10-14)13-6-5-11-3-1-2-4-12(11)9-13/h1-6,9,14-16H,7-8,10H2. The summed E-state index contributed by atoms with van der Waals surface area (Å²) in [6, 6.07) is 14.4. The van der Waals surface area contributed by atoms with Gasteiger partial charge in [0.2, 0.25) is 0 Å². The van der Waals surface area contributed by atoms with E-state index in [1.807, 2.05) is 18.2 Å². The molecule has 2 aromatic carbocycles. The third-order valence-electron chi connectivity index (χ3n) is 3.53. The second kappa shape index (κ2) is 4.47. The minimum atomic E-state index is -0.401. The van der Waals surface area contributed by atoms with Crippen LogP contribution in [0.3, 0.4) is 0 Å². The molecule has 17 heavy (non-hydrogen) atoms. The topological polar surface area (TPSA) is 29.5 Å². The SMILES string of the molecule is OC(c1ccc2ccccc2c1)C1CCOC1. The molecule has 0 aromatic heterocycles. The first-order valence-electron chi connectivity index (χ1n) is 6.09. The maximum Gasteiger partial charge on any atom is 0.0841 e. The van der Waals surface area contributed by atoms with Gasteiger partial charge in [0.05, 0.1) is 12.7 Å². The Labute approximate surface area is 101 Å². The van der Waals surface area contributed by atoms with Gasteiger partial charge in [0.25, 0.3) is 0 Å². The van der Waals surface area contributed by atoms with Crippen molar-refractivity contribution in [2.24, 2.45) is 5.92 Å². The van der Waals surface area contributed by atoms with Crippen LogP contribution in [0.25, 0.3) is 10.8 Å². The van der Waals surface area contributed by atoms with Crippen molar-refractivity contribution in [3.8, 4) is 0 Å². The van der Waals surface area contributed by atoms with Gasteiger partial charge in [-0.25, -0.2) is 0 Å². The summed E-state index contributed by atoms with van der Waals surface area (Å²) in [5, 5.41) is 12.7. The van der Waals surface area contributed by atoms with E-state index in [-0.39, 0.29) is 5.92 Å². The molecule has 0 amide bonds. The van der Waals surface area contributed by atoms with Crippen LogP contribution >= 0.6 is 0 Å². The van der Waals surface area contributed by atoms with E-state index in [0.717, 1.165) is 18.6 Å². The van der Waals surface area contributed by atoms with Crippen LogP contribution in [0.2, 0.25) is 0 Å². The number of hydrogen-bond acceptors (Lipinski definition) is 2. The molecule has 2 unspecified atom stereocenters. The van der Waals surface area contributed by atoms with Crippen molar-refractivity contribution in [3.63, 3.8) is 0 Å². The van der Waals surface area contributed by atoms with Gasteiger partial charge in [-0.3, -0.25) is 0 Å². The summed E-state index contributed by atoms with van der Waals surface area (Å²) in [4.78, 5) is 0. The number of fused-ring (bicyclic) bond motifs is 1. The van der Waals surface area contributed by atoms with E-state index in [0.29, 0.717) is 6.61 Å². The molecule has 88 valence electrons. The van der Waals surface area contributed by atoms with Crippen molar-refractivity contribution in [2.75, 3.05) is 13.2 Å². The molecule has 1 heterocycles. The van der Waals surface area contributed by atoms with Gasteiger partial charge in [-0.05, 0) is 28.8 Å². The lowest BCUT2D eigenvalue weighted by molar-refractivity contribution is 0.0919. The van der Waals surface area contributed by atoms with Crippen molar-refractivity contribution in [1.29, 1.82) is 0 Å². The van der Waals surface area contributed by atoms with Crippen molar-refractivity contribution in [3.05, 3.63) is 48.0 Å². The molecule has 1 aliphatic heterocycles. The molecule has 3 rings (SSSR count). The first-order chi connectivity index (χ1) is 8.34. The Balaban J connectivity index is 1.94. The van der Waals surface area contributed by atoms with Gasteiger partial charge in [-0.1, -0.05) is 36.4 Å². The molecule has 0 aliphatic carbocycles. The van der Waals surface area contributed by atoms with Gasteiger partial charge in [0, 0.05) is 12.5 Å². The van der Waals surface area contributed by atoms with E-state index < -0.39 is 6.10 Å². The van der Waals surface area contributed by atoms with Gasteiger partial charge in [0.1, 0.15) is 0 Å². The number of hydrogen-bond donors (Lipinski definition) is 1. The average molecular weight is 228 g/mol. The maximum atomic E-state index is 10.3. The zero-order valence-electron chi connectivity index (χ0n) is 9.67. The largest absolute Gasteiger partial charge is 0.388 e. The van der Waals surface area contributed by atoms with Crippen molar-refractivity contribution < 1.29 is 9.84 Å². The zero-order valence-corrected chi connectivity index (χ0v) is 9.67. The lowest BCUT2D eigenvalue weighted by Crippen LogP contribution is -2.12. The quantitative estimate of drug-likeness (QED) is 0.856. The van der Waals surface area contributed by atoms with Crippen LogP contribution in [0, 0.1) is 5.92 Å². The minimum Gasteiger partial charge on any atom is -0.388 e. The fourth-order valence-corrected chi connectivity index (χ4v) is 2.47. The molecule has 1 saturated heterocycles. The van der Waals surface area contributed by atoms with Crippen LogP contribution in [0.5, 0.6) is 0 Å². The summed E-state index contributed by atoms with van der Waals surface area (Å²) >= 11 is 0. The Hall–Kier alpha value is -1.38. The van der Waals surface area contributed by atoms with Crippen molar-refractivity contribution >= 4 is 10.8 Å². The monoisotopic (exact) mass is 228 g/mol. The van der Waals surface area contributed by atoms with E-state index >= 15 is 0 Å². The molecule has 1 fully saturated rings. The molecule has 0 spiro atoms. The molecule has 0 saturated carbocycles. The molecule has 0 radical (unpaired) electrons. The predicted molar refractivity (Wildman–Crippen MR) is 67.8 cm³/mol. The summed E-state index contributed by atoms with van der Waals surface area (Å²) in [5.74, 6) is 0.246. The Morgan fingerprint density at radius 3 is 2.71 bits per heavy atom. The molecule has 2 aromatic rings. The van der Waals surface area contributed by atoms with E-state index in [1.54, 1.807) is 0 Å². The normalized spacial score (nSPS) is 21.8. The summed E-state index contributed by atoms with van der Waals surface area (Å²) in [6.07, 6.45) is 0.552. The highest BCUT2D eigenvalue weighted by Crippen LogP contribution is 2.30. The van der Waals surface area contributed by atoms with Gasteiger partial charge in [-0.2, -0.15) is 0 Å². The second-order valence-corrected chi connectivity index (χ2v) is 4.68. The highest BCUT2D eigenvalue weighted by atomic mass is 16.5. The molecule has 2 atom stereocenters. The van der Waals surface area contributed by atoms with E-state index in [2.05, 4.69) is 24.3 Å². The Kier molecular flexibility index (Phi) is 2.83. The van der Waals surface area contributed by atoms with Crippen LogP contribution in [0.1, 0.15) is 18.1 Å².